The third-order valence-corrected chi connectivity index (χ3v) is 5.93. The normalized spacial score (nSPS) is 11.8. The molecule has 0 bridgehead atoms. The Bertz CT molecular complexity index is 1080. The van der Waals surface area contributed by atoms with E-state index in [2.05, 4.69) is 26.1 Å². The van der Waals surface area contributed by atoms with Gasteiger partial charge in [-0.25, -0.2) is 4.79 Å². The minimum Gasteiger partial charge on any atom is -0.326 e. The van der Waals surface area contributed by atoms with E-state index in [9.17, 15) is 9.59 Å². The third-order valence-electron chi connectivity index (χ3n) is 5.04. The zero-order chi connectivity index (χ0) is 22.5. The lowest BCUT2D eigenvalue weighted by molar-refractivity contribution is -0.118. The lowest BCUT2D eigenvalue weighted by Crippen LogP contribution is -2.48. The molecule has 1 heterocycles. The maximum Gasteiger partial charge on any atom is 0.319 e. The molecule has 0 saturated carbocycles. The van der Waals surface area contributed by atoms with E-state index in [-0.39, 0.29) is 11.8 Å². The second-order valence-corrected chi connectivity index (χ2v) is 8.81. The topological polar surface area (TPSA) is 96.0 Å². The molecule has 0 radical (unpaired) electrons. The predicted molar refractivity (Wildman–Crippen MR) is 125 cm³/mol. The van der Waals surface area contributed by atoms with Crippen molar-refractivity contribution in [2.24, 2.45) is 5.92 Å². The number of anilines is 2. The van der Waals surface area contributed by atoms with Gasteiger partial charge in [0.2, 0.25) is 11.0 Å². The molecule has 1 unspecified atom stereocenters. The van der Waals surface area contributed by atoms with Crippen molar-refractivity contribution in [3.05, 3.63) is 59.2 Å². The number of rotatable bonds is 6. The summed E-state index contributed by atoms with van der Waals surface area (Å²) in [5.74, 6) is -0.452. The Labute approximate surface area is 186 Å². The van der Waals surface area contributed by atoms with Crippen LogP contribution in [-0.4, -0.2) is 28.2 Å². The Morgan fingerprint density at radius 1 is 0.935 bits per heavy atom. The van der Waals surface area contributed by atoms with Crippen LogP contribution in [0.25, 0.3) is 10.6 Å². The molecule has 0 saturated heterocycles. The van der Waals surface area contributed by atoms with Gasteiger partial charge in [0.25, 0.3) is 0 Å². The van der Waals surface area contributed by atoms with Gasteiger partial charge in [-0.2, -0.15) is 0 Å². The monoisotopic (exact) mass is 437 g/mol. The van der Waals surface area contributed by atoms with E-state index in [1.807, 2.05) is 77.1 Å². The standard InChI is InChI=1S/C23H27N5O2S/c1-13(2)19(25-22(30)24-18-8-6-7-15(4)16(18)5)20(29)26-23-28-27-21(31-23)17-11-9-14(3)10-12-17/h6-13,19H,1-5H3,(H2,24,25,30)(H,26,28,29). The number of carbonyl (C=O) groups is 2. The number of hydrogen-bond acceptors (Lipinski definition) is 5. The van der Waals surface area contributed by atoms with Gasteiger partial charge in [-0.15, -0.1) is 10.2 Å². The van der Waals surface area contributed by atoms with Crippen LogP contribution in [0.2, 0.25) is 0 Å². The lowest BCUT2D eigenvalue weighted by atomic mass is 10.0. The predicted octanol–water partition coefficient (Wildman–Crippen LogP) is 4.92. The van der Waals surface area contributed by atoms with Crippen molar-refractivity contribution in [1.29, 1.82) is 0 Å². The van der Waals surface area contributed by atoms with Crippen LogP contribution in [0, 0.1) is 26.7 Å². The summed E-state index contributed by atoms with van der Waals surface area (Å²) in [6.45, 7) is 9.69. The number of nitrogens with zero attached hydrogens (tertiary/aromatic N) is 2. The minimum absolute atomic E-state index is 0.117. The minimum atomic E-state index is -0.725. The lowest BCUT2D eigenvalue weighted by Gasteiger charge is -2.21. The van der Waals surface area contributed by atoms with Gasteiger partial charge in [0.15, 0.2) is 0 Å². The van der Waals surface area contributed by atoms with Gasteiger partial charge in [-0.05, 0) is 43.9 Å². The zero-order valence-corrected chi connectivity index (χ0v) is 19.1. The molecule has 3 aromatic rings. The highest BCUT2D eigenvalue weighted by atomic mass is 32.1. The highest BCUT2D eigenvalue weighted by Gasteiger charge is 2.25. The summed E-state index contributed by atoms with van der Waals surface area (Å²) in [7, 11) is 0. The average Bonchev–Trinajstić information content (AvgIpc) is 3.18. The molecule has 2 aromatic carbocycles. The molecular weight excluding hydrogens is 410 g/mol. The van der Waals surface area contributed by atoms with Gasteiger partial charge in [0.1, 0.15) is 11.0 Å². The maximum atomic E-state index is 12.8. The molecule has 3 amide bonds. The molecular formula is C23H27N5O2S. The highest BCUT2D eigenvalue weighted by Crippen LogP contribution is 2.26. The van der Waals surface area contributed by atoms with Crippen molar-refractivity contribution >= 4 is 34.1 Å². The molecule has 0 aliphatic carbocycles. The van der Waals surface area contributed by atoms with Crippen LogP contribution in [0.4, 0.5) is 15.6 Å². The van der Waals surface area contributed by atoms with Crippen molar-refractivity contribution in [1.82, 2.24) is 15.5 Å². The van der Waals surface area contributed by atoms with Crippen LogP contribution < -0.4 is 16.0 Å². The summed E-state index contributed by atoms with van der Waals surface area (Å²) in [6.07, 6.45) is 0. The van der Waals surface area contributed by atoms with Crippen LogP contribution >= 0.6 is 11.3 Å². The molecule has 0 aliphatic rings. The Morgan fingerprint density at radius 2 is 1.65 bits per heavy atom. The number of carbonyl (C=O) groups excluding carboxylic acids is 2. The van der Waals surface area contributed by atoms with Gasteiger partial charge in [0, 0.05) is 11.3 Å². The summed E-state index contributed by atoms with van der Waals surface area (Å²) in [5, 5.41) is 17.7. The van der Waals surface area contributed by atoms with E-state index in [1.165, 1.54) is 11.3 Å². The van der Waals surface area contributed by atoms with Gasteiger partial charge in [-0.3, -0.25) is 10.1 Å². The quantitative estimate of drug-likeness (QED) is 0.510. The van der Waals surface area contributed by atoms with Gasteiger partial charge in [-0.1, -0.05) is 67.1 Å². The molecule has 0 spiro atoms. The first-order valence-electron chi connectivity index (χ1n) is 10.1. The third kappa shape index (κ3) is 5.67. The number of aromatic nitrogens is 2. The largest absolute Gasteiger partial charge is 0.326 e. The van der Waals surface area contributed by atoms with Gasteiger partial charge in [0.05, 0.1) is 0 Å². The fourth-order valence-corrected chi connectivity index (χ4v) is 3.74. The van der Waals surface area contributed by atoms with Crippen molar-refractivity contribution < 1.29 is 9.59 Å². The molecule has 8 heteroatoms. The maximum absolute atomic E-state index is 12.8. The molecule has 0 fully saturated rings. The SMILES string of the molecule is Cc1ccc(-c2nnc(NC(=O)C(NC(=O)Nc3cccc(C)c3C)C(C)C)s2)cc1. The van der Waals surface area contributed by atoms with E-state index < -0.39 is 12.1 Å². The summed E-state index contributed by atoms with van der Waals surface area (Å²) in [5.41, 5.74) is 4.88. The number of nitrogens with one attached hydrogen (secondary N) is 3. The number of urea groups is 1. The van der Waals surface area contributed by atoms with Crippen LogP contribution in [-0.2, 0) is 4.79 Å². The summed E-state index contributed by atoms with van der Waals surface area (Å²) < 4.78 is 0. The number of benzene rings is 2. The second kappa shape index (κ2) is 9.70. The zero-order valence-electron chi connectivity index (χ0n) is 18.3. The average molecular weight is 438 g/mol. The van der Waals surface area contributed by atoms with Crippen molar-refractivity contribution in [2.45, 2.75) is 40.7 Å². The molecule has 1 atom stereocenters. The summed E-state index contributed by atoms with van der Waals surface area (Å²) in [4.78, 5) is 25.4. The molecule has 1 aromatic heterocycles. The molecule has 162 valence electrons. The second-order valence-electron chi connectivity index (χ2n) is 7.84. The smallest absolute Gasteiger partial charge is 0.319 e. The molecule has 3 N–H and O–H groups in total. The number of aryl methyl sites for hydroxylation is 2. The summed E-state index contributed by atoms with van der Waals surface area (Å²) >= 11 is 1.29. The number of amides is 3. The highest BCUT2D eigenvalue weighted by molar-refractivity contribution is 7.18. The van der Waals surface area contributed by atoms with Crippen molar-refractivity contribution in [3.8, 4) is 10.6 Å². The molecule has 3 rings (SSSR count). The fourth-order valence-electron chi connectivity index (χ4n) is 2.99. The molecule has 7 nitrogen and oxygen atoms in total. The van der Waals surface area contributed by atoms with Crippen LogP contribution in [0.5, 0.6) is 0 Å². The first kappa shape index (κ1) is 22.4. The Hall–Kier alpha value is -3.26. The first-order chi connectivity index (χ1) is 14.7. The Balaban J connectivity index is 1.66. The fraction of sp³-hybridized carbons (Fsp3) is 0.304. The van der Waals surface area contributed by atoms with E-state index in [1.54, 1.807) is 0 Å². The Morgan fingerprint density at radius 3 is 2.32 bits per heavy atom. The molecule has 0 aliphatic heterocycles. The molecule has 31 heavy (non-hydrogen) atoms. The van der Waals surface area contributed by atoms with Crippen LogP contribution in [0.1, 0.15) is 30.5 Å². The van der Waals surface area contributed by atoms with Crippen molar-refractivity contribution in [2.75, 3.05) is 10.6 Å². The van der Waals surface area contributed by atoms with E-state index >= 15 is 0 Å². The Kier molecular flexibility index (Phi) is 7.02. The number of hydrogen-bond donors (Lipinski definition) is 3. The first-order valence-corrected chi connectivity index (χ1v) is 10.9. The van der Waals surface area contributed by atoms with Gasteiger partial charge < -0.3 is 10.6 Å². The van der Waals surface area contributed by atoms with Gasteiger partial charge >= 0.3 is 6.03 Å². The van der Waals surface area contributed by atoms with E-state index in [0.717, 1.165) is 27.3 Å². The van der Waals surface area contributed by atoms with E-state index in [4.69, 9.17) is 0 Å². The van der Waals surface area contributed by atoms with Crippen LogP contribution in [0.15, 0.2) is 42.5 Å². The van der Waals surface area contributed by atoms with Crippen LogP contribution in [0.3, 0.4) is 0 Å². The van der Waals surface area contributed by atoms with E-state index in [0.29, 0.717) is 10.8 Å². The summed E-state index contributed by atoms with van der Waals surface area (Å²) in [6, 6.07) is 12.5. The van der Waals surface area contributed by atoms with Crippen molar-refractivity contribution in [3.63, 3.8) is 0 Å².